The van der Waals surface area contributed by atoms with E-state index in [1.54, 1.807) is 0 Å². The SMILES string of the molecule is C#CC1(C#C)C2CC3CC(c4ccccc4)(C2)C(C#Cc2ccccc2)(C#Cc2ccccc2)C1(C#C)C3. The molecule has 0 nitrogen and oxygen atoms in total. The van der Waals surface area contributed by atoms with Crippen LogP contribution in [-0.2, 0) is 5.41 Å². The minimum absolute atomic E-state index is 0.117. The molecule has 4 bridgehead atoms. The van der Waals surface area contributed by atoms with Crippen molar-refractivity contribution in [2.45, 2.75) is 31.1 Å². The molecule has 0 saturated heterocycles. The molecule has 4 fully saturated rings. The molecule has 4 saturated carbocycles. The molecule has 3 aromatic carbocycles. The van der Waals surface area contributed by atoms with Gasteiger partial charge in [0, 0.05) is 16.5 Å². The van der Waals surface area contributed by atoms with Gasteiger partial charge in [-0.05, 0) is 67.3 Å². The maximum atomic E-state index is 6.63. The Bertz CT molecular complexity index is 1540. The summed E-state index contributed by atoms with van der Waals surface area (Å²) in [5.74, 6) is 24.6. The highest BCUT2D eigenvalue weighted by Crippen LogP contribution is 2.78. The summed E-state index contributed by atoms with van der Waals surface area (Å²) >= 11 is 0. The van der Waals surface area contributed by atoms with E-state index in [1.807, 2.05) is 60.7 Å². The number of hydrogen-bond acceptors (Lipinski definition) is 0. The van der Waals surface area contributed by atoms with Crippen LogP contribution in [0.15, 0.2) is 91.0 Å². The van der Waals surface area contributed by atoms with Crippen LogP contribution >= 0.6 is 0 Å². The van der Waals surface area contributed by atoms with Crippen molar-refractivity contribution < 1.29 is 0 Å². The summed E-state index contributed by atoms with van der Waals surface area (Å²) in [6.07, 6.45) is 22.9. The maximum Gasteiger partial charge on any atom is 0.121 e. The summed E-state index contributed by atoms with van der Waals surface area (Å²) in [6, 6.07) is 30.8. The summed E-state index contributed by atoms with van der Waals surface area (Å²) in [5.41, 5.74) is -0.0995. The van der Waals surface area contributed by atoms with Crippen LogP contribution in [0.5, 0.6) is 0 Å². The first-order valence-electron chi connectivity index (χ1n) is 13.2. The van der Waals surface area contributed by atoms with Crippen LogP contribution in [0.4, 0.5) is 0 Å². The molecule has 7 rings (SSSR count). The van der Waals surface area contributed by atoms with E-state index in [0.29, 0.717) is 5.92 Å². The highest BCUT2D eigenvalue weighted by Gasteiger charge is 2.79. The van der Waals surface area contributed by atoms with Crippen LogP contribution < -0.4 is 0 Å². The van der Waals surface area contributed by atoms with E-state index in [9.17, 15) is 0 Å². The van der Waals surface area contributed by atoms with Crippen molar-refractivity contribution in [1.29, 1.82) is 0 Å². The molecule has 0 aliphatic heterocycles. The first-order valence-corrected chi connectivity index (χ1v) is 13.2. The third kappa shape index (κ3) is 3.01. The molecular weight excluding hydrogens is 456 g/mol. The lowest BCUT2D eigenvalue weighted by Crippen LogP contribution is -2.73. The second kappa shape index (κ2) is 8.79. The van der Waals surface area contributed by atoms with E-state index >= 15 is 0 Å². The molecule has 38 heavy (non-hydrogen) atoms. The first kappa shape index (κ1) is 23.8. The predicted octanol–water partition coefficient (Wildman–Crippen LogP) is 6.72. The Morgan fingerprint density at radius 1 is 0.605 bits per heavy atom. The highest BCUT2D eigenvalue weighted by atomic mass is 14.8. The lowest BCUT2D eigenvalue weighted by atomic mass is 9.26. The Kier molecular flexibility index (Phi) is 5.51. The van der Waals surface area contributed by atoms with E-state index in [2.05, 4.69) is 71.8 Å². The minimum atomic E-state index is -0.950. The molecular formula is C38H28. The fourth-order valence-electron chi connectivity index (χ4n) is 8.03. The van der Waals surface area contributed by atoms with Gasteiger partial charge in [0.2, 0.25) is 0 Å². The summed E-state index contributed by atoms with van der Waals surface area (Å²) in [6.45, 7) is 0. The Balaban J connectivity index is 1.75. The molecule has 180 valence electrons. The van der Waals surface area contributed by atoms with Crippen molar-refractivity contribution in [3.8, 4) is 60.7 Å². The standard InChI is InChI=1S/C38H28/c1-4-35(5-2)34-26-32-27-36(29-34,33-20-14-9-15-21-33)38(37(35,6-3)28-32,24-22-30-16-10-7-11-17-30)25-23-31-18-12-8-13-19-31/h1-3,7-21,32,34H,26-29H2. The lowest BCUT2D eigenvalue weighted by molar-refractivity contribution is -0.162. The first-order chi connectivity index (χ1) is 18.6. The predicted molar refractivity (Wildman–Crippen MR) is 154 cm³/mol. The Morgan fingerprint density at radius 2 is 1.13 bits per heavy atom. The van der Waals surface area contributed by atoms with Crippen molar-refractivity contribution in [3.63, 3.8) is 0 Å². The summed E-state index contributed by atoms with van der Waals surface area (Å²) in [7, 11) is 0. The van der Waals surface area contributed by atoms with E-state index in [0.717, 1.165) is 36.8 Å². The average Bonchev–Trinajstić information content (AvgIpc) is 2.98. The van der Waals surface area contributed by atoms with Crippen molar-refractivity contribution in [1.82, 2.24) is 0 Å². The molecule has 0 radical (unpaired) electrons. The molecule has 4 aliphatic carbocycles. The molecule has 3 aromatic rings. The minimum Gasteiger partial charge on any atom is -0.119 e. The van der Waals surface area contributed by atoms with Gasteiger partial charge in [-0.3, -0.25) is 0 Å². The average molecular weight is 485 g/mol. The second-order valence-corrected chi connectivity index (χ2v) is 11.0. The van der Waals surface area contributed by atoms with Gasteiger partial charge in [-0.1, -0.05) is 108 Å². The van der Waals surface area contributed by atoms with E-state index in [4.69, 9.17) is 19.3 Å². The third-order valence-corrected chi connectivity index (χ3v) is 9.45. The summed E-state index contributed by atoms with van der Waals surface area (Å²) < 4.78 is 0. The third-order valence-electron chi connectivity index (χ3n) is 9.45. The normalized spacial score (nSPS) is 28.8. The Hall–Kier alpha value is -4.54. The van der Waals surface area contributed by atoms with Crippen molar-refractivity contribution in [2.75, 3.05) is 0 Å². The van der Waals surface area contributed by atoms with Gasteiger partial charge in [-0.15, -0.1) is 19.3 Å². The molecule has 4 atom stereocenters. The van der Waals surface area contributed by atoms with Crippen molar-refractivity contribution >= 4 is 0 Å². The van der Waals surface area contributed by atoms with Gasteiger partial charge in [0.15, 0.2) is 0 Å². The Morgan fingerprint density at radius 3 is 1.63 bits per heavy atom. The smallest absolute Gasteiger partial charge is 0.119 e. The van der Waals surface area contributed by atoms with Crippen LogP contribution in [0.2, 0.25) is 0 Å². The highest BCUT2D eigenvalue weighted by molar-refractivity contribution is 5.59. The number of terminal acetylenes is 3. The zero-order chi connectivity index (χ0) is 26.3. The van der Waals surface area contributed by atoms with Crippen LogP contribution in [0.1, 0.15) is 42.4 Å². The number of benzene rings is 3. The van der Waals surface area contributed by atoms with Gasteiger partial charge in [0.05, 0.1) is 5.41 Å². The topological polar surface area (TPSA) is 0 Å². The quantitative estimate of drug-likeness (QED) is 0.336. The van der Waals surface area contributed by atoms with Gasteiger partial charge < -0.3 is 0 Å². The molecule has 0 spiro atoms. The van der Waals surface area contributed by atoms with E-state index in [1.165, 1.54) is 5.56 Å². The Labute approximate surface area is 227 Å². The van der Waals surface area contributed by atoms with Crippen molar-refractivity contribution in [3.05, 3.63) is 108 Å². The van der Waals surface area contributed by atoms with E-state index < -0.39 is 21.7 Å². The van der Waals surface area contributed by atoms with Gasteiger partial charge in [0.25, 0.3) is 0 Å². The molecule has 0 heterocycles. The fourth-order valence-corrected chi connectivity index (χ4v) is 8.03. The van der Waals surface area contributed by atoms with Crippen molar-refractivity contribution in [2.24, 2.45) is 28.1 Å². The molecule has 4 aliphatic rings. The van der Waals surface area contributed by atoms with Gasteiger partial charge in [-0.25, -0.2) is 0 Å². The largest absolute Gasteiger partial charge is 0.121 e. The zero-order valence-corrected chi connectivity index (χ0v) is 21.4. The van der Waals surface area contributed by atoms with Gasteiger partial charge >= 0.3 is 0 Å². The summed E-state index contributed by atoms with van der Waals surface area (Å²) in [4.78, 5) is 0. The molecule has 0 heteroatoms. The van der Waals surface area contributed by atoms with Crippen LogP contribution in [0.25, 0.3) is 0 Å². The molecule has 0 N–H and O–H groups in total. The molecule has 0 amide bonds. The monoisotopic (exact) mass is 484 g/mol. The van der Waals surface area contributed by atoms with Crippen LogP contribution in [0, 0.1) is 88.8 Å². The maximum absolute atomic E-state index is 6.63. The zero-order valence-electron chi connectivity index (χ0n) is 21.4. The lowest BCUT2D eigenvalue weighted by Gasteiger charge is -2.72. The van der Waals surface area contributed by atoms with E-state index in [-0.39, 0.29) is 5.92 Å². The molecule has 0 aromatic heterocycles. The van der Waals surface area contributed by atoms with Crippen LogP contribution in [0.3, 0.4) is 0 Å². The molecule has 4 unspecified atom stereocenters. The fraction of sp³-hybridized carbons (Fsp3) is 0.263. The number of rotatable bonds is 1. The second-order valence-electron chi connectivity index (χ2n) is 11.0. The summed E-state index contributed by atoms with van der Waals surface area (Å²) in [5, 5.41) is 0. The number of hydrogen-bond donors (Lipinski definition) is 0. The van der Waals surface area contributed by atoms with Gasteiger partial charge in [-0.2, -0.15) is 0 Å². The van der Waals surface area contributed by atoms with Gasteiger partial charge in [0.1, 0.15) is 10.8 Å². The van der Waals surface area contributed by atoms with Crippen LogP contribution in [-0.4, -0.2) is 0 Å².